The summed E-state index contributed by atoms with van der Waals surface area (Å²) < 4.78 is 7.84. The van der Waals surface area contributed by atoms with E-state index in [1.54, 1.807) is 6.20 Å². The van der Waals surface area contributed by atoms with Crippen LogP contribution in [0, 0.1) is 0 Å². The number of imidazole rings is 1. The summed E-state index contributed by atoms with van der Waals surface area (Å²) in [5.74, 6) is 0.971. The number of nitrogens with zero attached hydrogens (tertiary/aromatic N) is 2. The highest BCUT2D eigenvalue weighted by atomic mass is 16.3. The van der Waals surface area contributed by atoms with Crippen molar-refractivity contribution in [3.05, 3.63) is 54.8 Å². The van der Waals surface area contributed by atoms with Crippen molar-refractivity contribution in [3.8, 4) is 0 Å². The fourth-order valence-corrected chi connectivity index (χ4v) is 2.17. The summed E-state index contributed by atoms with van der Waals surface area (Å²) in [7, 11) is 0. The van der Waals surface area contributed by atoms with E-state index >= 15 is 0 Å². The lowest BCUT2D eigenvalue weighted by atomic mass is 10.2. The van der Waals surface area contributed by atoms with Crippen molar-refractivity contribution < 1.29 is 4.42 Å². The predicted molar refractivity (Wildman–Crippen MR) is 74.7 cm³/mol. The Morgan fingerprint density at radius 1 is 1.37 bits per heavy atom. The minimum atomic E-state index is 0.363. The average Bonchev–Trinajstić information content (AvgIpc) is 3.04. The summed E-state index contributed by atoms with van der Waals surface area (Å²) in [6.45, 7) is 3.80. The maximum atomic E-state index is 5.77. The van der Waals surface area contributed by atoms with Crippen molar-refractivity contribution in [1.82, 2.24) is 14.9 Å². The minimum Gasteiger partial charge on any atom is -0.460 e. The van der Waals surface area contributed by atoms with Gasteiger partial charge < -0.3 is 14.3 Å². The van der Waals surface area contributed by atoms with Crippen LogP contribution in [0.1, 0.15) is 12.7 Å². The maximum Gasteiger partial charge on any atom is 0.134 e. The van der Waals surface area contributed by atoms with Crippen LogP contribution in [0.2, 0.25) is 0 Å². The lowest BCUT2D eigenvalue weighted by Crippen LogP contribution is -2.29. The number of nitrogens with one attached hydrogen (secondary N) is 1. The molecular weight excluding hydrogens is 238 g/mol. The molecule has 0 aliphatic heterocycles. The largest absolute Gasteiger partial charge is 0.460 e. The van der Waals surface area contributed by atoms with Gasteiger partial charge in [-0.05, 0) is 19.1 Å². The van der Waals surface area contributed by atoms with Gasteiger partial charge in [-0.2, -0.15) is 0 Å². The first-order chi connectivity index (χ1) is 9.31. The highest BCUT2D eigenvalue weighted by Crippen LogP contribution is 2.18. The Labute approximate surface area is 112 Å². The van der Waals surface area contributed by atoms with Crippen LogP contribution in [0.3, 0.4) is 0 Å². The van der Waals surface area contributed by atoms with E-state index in [4.69, 9.17) is 4.42 Å². The molecule has 4 nitrogen and oxygen atoms in total. The molecule has 0 bridgehead atoms. The number of hydrogen-bond acceptors (Lipinski definition) is 3. The van der Waals surface area contributed by atoms with Crippen molar-refractivity contribution >= 4 is 11.0 Å². The fraction of sp³-hybridized carbons (Fsp3) is 0.267. The predicted octanol–water partition coefficient (Wildman–Crippen LogP) is 2.81. The highest BCUT2D eigenvalue weighted by molar-refractivity contribution is 5.77. The van der Waals surface area contributed by atoms with E-state index in [0.717, 1.165) is 29.8 Å². The van der Waals surface area contributed by atoms with E-state index in [0.29, 0.717) is 6.04 Å². The monoisotopic (exact) mass is 255 g/mol. The van der Waals surface area contributed by atoms with E-state index in [2.05, 4.69) is 33.9 Å². The lowest BCUT2D eigenvalue weighted by molar-refractivity contribution is 0.439. The molecule has 0 radical (unpaired) electrons. The third-order valence-electron chi connectivity index (χ3n) is 3.15. The smallest absolute Gasteiger partial charge is 0.134 e. The van der Waals surface area contributed by atoms with Gasteiger partial charge in [0.2, 0.25) is 0 Å². The summed E-state index contributed by atoms with van der Waals surface area (Å²) in [5.41, 5.74) is 0.946. The van der Waals surface area contributed by atoms with Crippen molar-refractivity contribution in [3.63, 3.8) is 0 Å². The van der Waals surface area contributed by atoms with Crippen molar-refractivity contribution in [1.29, 1.82) is 0 Å². The van der Waals surface area contributed by atoms with E-state index in [9.17, 15) is 0 Å². The van der Waals surface area contributed by atoms with Crippen molar-refractivity contribution in [2.45, 2.75) is 26.1 Å². The van der Waals surface area contributed by atoms with Crippen LogP contribution >= 0.6 is 0 Å². The normalized spacial score (nSPS) is 12.9. The fourth-order valence-electron chi connectivity index (χ4n) is 2.17. The Balaban J connectivity index is 1.59. The minimum absolute atomic E-state index is 0.363. The first-order valence-corrected chi connectivity index (χ1v) is 6.48. The SMILES string of the molecule is C[C@H](Cn1ccnc1)NCc1cc2ccccc2o1. The van der Waals surface area contributed by atoms with Gasteiger partial charge in [0.1, 0.15) is 11.3 Å². The summed E-state index contributed by atoms with van der Waals surface area (Å²) in [5, 5.41) is 4.61. The molecule has 0 saturated carbocycles. The Kier molecular flexibility index (Phi) is 3.33. The van der Waals surface area contributed by atoms with Gasteiger partial charge in [-0.1, -0.05) is 18.2 Å². The van der Waals surface area contributed by atoms with Gasteiger partial charge in [0.25, 0.3) is 0 Å². The molecule has 0 amide bonds. The molecule has 3 rings (SSSR count). The van der Waals surface area contributed by atoms with Crippen LogP contribution in [-0.2, 0) is 13.1 Å². The number of fused-ring (bicyclic) bond motifs is 1. The third kappa shape index (κ3) is 2.85. The van der Waals surface area contributed by atoms with Gasteiger partial charge in [-0.15, -0.1) is 0 Å². The first-order valence-electron chi connectivity index (χ1n) is 6.48. The van der Waals surface area contributed by atoms with Gasteiger partial charge in [-0.25, -0.2) is 4.98 Å². The molecule has 19 heavy (non-hydrogen) atoms. The Morgan fingerprint density at radius 2 is 2.26 bits per heavy atom. The topological polar surface area (TPSA) is 43.0 Å². The maximum absolute atomic E-state index is 5.77. The zero-order chi connectivity index (χ0) is 13.1. The molecule has 2 aromatic heterocycles. The highest BCUT2D eigenvalue weighted by Gasteiger charge is 2.06. The molecule has 0 saturated heterocycles. The average molecular weight is 255 g/mol. The zero-order valence-corrected chi connectivity index (χ0v) is 10.9. The second kappa shape index (κ2) is 5.28. The van der Waals surface area contributed by atoms with Gasteiger partial charge in [-0.3, -0.25) is 0 Å². The van der Waals surface area contributed by atoms with E-state index in [1.807, 2.05) is 30.7 Å². The molecule has 0 fully saturated rings. The second-order valence-corrected chi connectivity index (χ2v) is 4.79. The molecule has 4 heteroatoms. The Hall–Kier alpha value is -2.07. The first kappa shape index (κ1) is 12.0. The van der Waals surface area contributed by atoms with Crippen LogP contribution < -0.4 is 5.32 Å². The molecule has 2 heterocycles. The van der Waals surface area contributed by atoms with Crippen LogP contribution in [0.25, 0.3) is 11.0 Å². The van der Waals surface area contributed by atoms with Crippen LogP contribution in [0.15, 0.2) is 53.5 Å². The van der Waals surface area contributed by atoms with Gasteiger partial charge >= 0.3 is 0 Å². The van der Waals surface area contributed by atoms with E-state index in [1.165, 1.54) is 0 Å². The van der Waals surface area contributed by atoms with Crippen molar-refractivity contribution in [2.24, 2.45) is 0 Å². The Bertz CT molecular complexity index is 609. The van der Waals surface area contributed by atoms with Crippen LogP contribution in [-0.4, -0.2) is 15.6 Å². The summed E-state index contributed by atoms with van der Waals surface area (Å²) >= 11 is 0. The number of rotatable bonds is 5. The lowest BCUT2D eigenvalue weighted by Gasteiger charge is -2.13. The molecular formula is C15H17N3O. The van der Waals surface area contributed by atoms with Crippen molar-refractivity contribution in [2.75, 3.05) is 0 Å². The standard InChI is InChI=1S/C15H17N3O/c1-12(10-18-7-6-16-11-18)17-9-14-8-13-4-2-3-5-15(13)19-14/h2-8,11-12,17H,9-10H2,1H3/t12-/m1/s1. The Morgan fingerprint density at radius 3 is 3.05 bits per heavy atom. The molecule has 1 N–H and O–H groups in total. The summed E-state index contributed by atoms with van der Waals surface area (Å²) in [6, 6.07) is 10.5. The third-order valence-corrected chi connectivity index (χ3v) is 3.15. The van der Waals surface area contributed by atoms with Crippen LogP contribution in [0.4, 0.5) is 0 Å². The molecule has 1 aromatic carbocycles. The quantitative estimate of drug-likeness (QED) is 0.762. The molecule has 0 spiro atoms. The number of para-hydroxylation sites is 1. The molecule has 0 aliphatic rings. The summed E-state index contributed by atoms with van der Waals surface area (Å²) in [4.78, 5) is 4.04. The van der Waals surface area contributed by atoms with E-state index in [-0.39, 0.29) is 0 Å². The van der Waals surface area contributed by atoms with Crippen LogP contribution in [0.5, 0.6) is 0 Å². The van der Waals surface area contributed by atoms with E-state index < -0.39 is 0 Å². The van der Waals surface area contributed by atoms with Gasteiger partial charge in [0.15, 0.2) is 0 Å². The molecule has 0 aliphatic carbocycles. The second-order valence-electron chi connectivity index (χ2n) is 4.79. The number of benzene rings is 1. The molecule has 98 valence electrons. The number of hydrogen-bond donors (Lipinski definition) is 1. The number of aromatic nitrogens is 2. The summed E-state index contributed by atoms with van der Waals surface area (Å²) in [6.07, 6.45) is 5.60. The molecule has 0 unspecified atom stereocenters. The molecule has 1 atom stereocenters. The number of furan rings is 1. The zero-order valence-electron chi connectivity index (χ0n) is 10.9. The molecule has 3 aromatic rings. The van der Waals surface area contributed by atoms with Gasteiger partial charge in [0.05, 0.1) is 12.9 Å². The van der Waals surface area contributed by atoms with Gasteiger partial charge in [0, 0.05) is 30.4 Å².